The van der Waals surface area contributed by atoms with Crippen LogP contribution >= 0.6 is 11.6 Å². The minimum Gasteiger partial charge on any atom is -0.508 e. The number of morpholine rings is 1. The van der Waals surface area contributed by atoms with Crippen molar-refractivity contribution in [2.24, 2.45) is 0 Å². The SMILES string of the molecule is CC1CN(Cc2cc(Cl)ccc2O)C(C)CO1. The predicted molar refractivity (Wildman–Crippen MR) is 68.4 cm³/mol. The van der Waals surface area contributed by atoms with Gasteiger partial charge in [0.15, 0.2) is 0 Å². The molecule has 1 aliphatic rings. The number of hydrogen-bond donors (Lipinski definition) is 1. The maximum absolute atomic E-state index is 9.80. The number of rotatable bonds is 2. The molecule has 2 unspecified atom stereocenters. The van der Waals surface area contributed by atoms with E-state index in [0.29, 0.717) is 23.4 Å². The molecule has 3 nitrogen and oxygen atoms in total. The van der Waals surface area contributed by atoms with Crippen LogP contribution in [0, 0.1) is 0 Å². The van der Waals surface area contributed by atoms with Gasteiger partial charge in [0.05, 0.1) is 12.7 Å². The molecule has 2 rings (SSSR count). The Morgan fingerprint density at radius 2 is 2.24 bits per heavy atom. The van der Waals surface area contributed by atoms with Gasteiger partial charge in [0.2, 0.25) is 0 Å². The smallest absolute Gasteiger partial charge is 0.120 e. The van der Waals surface area contributed by atoms with Gasteiger partial charge in [0.25, 0.3) is 0 Å². The summed E-state index contributed by atoms with van der Waals surface area (Å²) < 4.78 is 5.58. The molecule has 0 saturated carbocycles. The van der Waals surface area contributed by atoms with Gasteiger partial charge < -0.3 is 9.84 Å². The summed E-state index contributed by atoms with van der Waals surface area (Å²) in [7, 11) is 0. The van der Waals surface area contributed by atoms with E-state index < -0.39 is 0 Å². The predicted octanol–water partition coefficient (Wildman–Crippen LogP) is 2.65. The van der Waals surface area contributed by atoms with E-state index in [1.54, 1.807) is 12.1 Å². The van der Waals surface area contributed by atoms with Crippen molar-refractivity contribution in [3.8, 4) is 5.75 Å². The summed E-state index contributed by atoms with van der Waals surface area (Å²) in [5.74, 6) is 0.306. The third-order valence-corrected chi connectivity index (χ3v) is 3.39. The normalized spacial score (nSPS) is 26.1. The van der Waals surface area contributed by atoms with E-state index in [4.69, 9.17) is 16.3 Å². The number of halogens is 1. The summed E-state index contributed by atoms with van der Waals surface area (Å²) in [6.07, 6.45) is 0.243. The van der Waals surface area contributed by atoms with Gasteiger partial charge in [-0.3, -0.25) is 4.90 Å². The molecule has 94 valence electrons. The number of phenolic OH excluding ortho intramolecular Hbond substituents is 1. The van der Waals surface area contributed by atoms with Crippen LogP contribution in [0.4, 0.5) is 0 Å². The Hall–Kier alpha value is -0.770. The van der Waals surface area contributed by atoms with Gasteiger partial charge in [0.1, 0.15) is 5.75 Å². The first-order valence-electron chi connectivity index (χ1n) is 5.89. The van der Waals surface area contributed by atoms with Crippen LogP contribution in [-0.2, 0) is 11.3 Å². The fraction of sp³-hybridized carbons (Fsp3) is 0.538. The molecule has 1 N–H and O–H groups in total. The number of hydrogen-bond acceptors (Lipinski definition) is 3. The molecule has 1 aromatic rings. The van der Waals surface area contributed by atoms with Gasteiger partial charge in [-0.1, -0.05) is 11.6 Å². The van der Waals surface area contributed by atoms with Gasteiger partial charge in [-0.2, -0.15) is 0 Å². The van der Waals surface area contributed by atoms with Crippen molar-refractivity contribution in [1.29, 1.82) is 0 Å². The van der Waals surface area contributed by atoms with Gasteiger partial charge in [-0.15, -0.1) is 0 Å². The zero-order valence-corrected chi connectivity index (χ0v) is 10.9. The molecule has 1 aromatic carbocycles. The highest BCUT2D eigenvalue weighted by atomic mass is 35.5. The molecule has 0 aliphatic carbocycles. The maximum atomic E-state index is 9.80. The summed E-state index contributed by atoms with van der Waals surface area (Å²) in [4.78, 5) is 2.31. The maximum Gasteiger partial charge on any atom is 0.120 e. The third kappa shape index (κ3) is 3.12. The highest BCUT2D eigenvalue weighted by Gasteiger charge is 2.24. The van der Waals surface area contributed by atoms with Crippen molar-refractivity contribution >= 4 is 11.6 Å². The van der Waals surface area contributed by atoms with Crippen LogP contribution in [0.3, 0.4) is 0 Å². The largest absolute Gasteiger partial charge is 0.508 e. The van der Waals surface area contributed by atoms with Crippen LogP contribution in [0.1, 0.15) is 19.4 Å². The van der Waals surface area contributed by atoms with E-state index in [0.717, 1.165) is 18.7 Å². The van der Waals surface area contributed by atoms with E-state index in [1.807, 2.05) is 6.07 Å². The molecular weight excluding hydrogens is 238 g/mol. The molecule has 1 heterocycles. The highest BCUT2D eigenvalue weighted by Crippen LogP contribution is 2.24. The van der Waals surface area contributed by atoms with Crippen LogP contribution in [0.2, 0.25) is 5.02 Å². The Morgan fingerprint density at radius 3 is 3.00 bits per heavy atom. The van der Waals surface area contributed by atoms with E-state index >= 15 is 0 Å². The Bertz CT molecular complexity index is 397. The van der Waals surface area contributed by atoms with Crippen molar-refractivity contribution < 1.29 is 9.84 Å². The molecule has 1 saturated heterocycles. The minimum absolute atomic E-state index is 0.243. The van der Waals surface area contributed by atoms with Gasteiger partial charge >= 0.3 is 0 Å². The molecule has 17 heavy (non-hydrogen) atoms. The molecule has 0 aromatic heterocycles. The lowest BCUT2D eigenvalue weighted by Gasteiger charge is -2.36. The first kappa shape index (κ1) is 12.7. The molecule has 0 spiro atoms. The van der Waals surface area contributed by atoms with Crippen molar-refractivity contribution in [1.82, 2.24) is 4.90 Å². The molecule has 0 bridgehead atoms. The molecule has 0 radical (unpaired) electrons. The van der Waals surface area contributed by atoms with E-state index in [2.05, 4.69) is 18.7 Å². The van der Waals surface area contributed by atoms with E-state index in [9.17, 15) is 5.11 Å². The second kappa shape index (κ2) is 5.25. The van der Waals surface area contributed by atoms with Crippen LogP contribution in [0.25, 0.3) is 0 Å². The average Bonchev–Trinajstić information content (AvgIpc) is 2.28. The number of phenols is 1. The number of nitrogens with zero attached hydrogens (tertiary/aromatic N) is 1. The number of ether oxygens (including phenoxy) is 1. The zero-order valence-electron chi connectivity index (χ0n) is 10.2. The molecular formula is C13H18ClNO2. The van der Waals surface area contributed by atoms with Crippen LogP contribution in [0.5, 0.6) is 5.75 Å². The quantitative estimate of drug-likeness (QED) is 0.882. The van der Waals surface area contributed by atoms with Gasteiger partial charge in [-0.25, -0.2) is 0 Å². The molecule has 0 amide bonds. The fourth-order valence-electron chi connectivity index (χ4n) is 2.09. The summed E-state index contributed by atoms with van der Waals surface area (Å²) in [6, 6.07) is 5.53. The Kier molecular flexibility index (Phi) is 3.92. The second-order valence-corrected chi connectivity index (χ2v) is 5.13. The second-order valence-electron chi connectivity index (χ2n) is 4.70. The Labute approximate surface area is 107 Å². The summed E-state index contributed by atoms with van der Waals surface area (Å²) in [5, 5.41) is 10.5. The molecule has 2 atom stereocenters. The standard InChI is InChI=1S/C13H18ClNO2/c1-9-8-17-10(2)6-15(9)7-11-5-12(14)3-4-13(11)16/h3-5,9-10,16H,6-8H2,1-2H3. The van der Waals surface area contributed by atoms with Crippen molar-refractivity contribution in [2.75, 3.05) is 13.2 Å². The fourth-order valence-corrected chi connectivity index (χ4v) is 2.29. The average molecular weight is 256 g/mol. The van der Waals surface area contributed by atoms with Crippen molar-refractivity contribution in [3.05, 3.63) is 28.8 Å². The van der Waals surface area contributed by atoms with Crippen molar-refractivity contribution in [3.63, 3.8) is 0 Å². The van der Waals surface area contributed by atoms with Crippen LogP contribution < -0.4 is 0 Å². The number of benzene rings is 1. The monoisotopic (exact) mass is 255 g/mol. The first-order chi connectivity index (χ1) is 8.06. The summed E-state index contributed by atoms with van der Waals surface area (Å²) >= 11 is 5.95. The zero-order chi connectivity index (χ0) is 12.4. The van der Waals surface area contributed by atoms with E-state index in [-0.39, 0.29) is 6.10 Å². The lowest BCUT2D eigenvalue weighted by Crippen LogP contribution is -2.46. The van der Waals surface area contributed by atoms with E-state index in [1.165, 1.54) is 0 Å². The number of aromatic hydroxyl groups is 1. The lowest BCUT2D eigenvalue weighted by molar-refractivity contribution is -0.0528. The highest BCUT2D eigenvalue weighted by molar-refractivity contribution is 6.30. The van der Waals surface area contributed by atoms with Crippen LogP contribution in [0.15, 0.2) is 18.2 Å². The topological polar surface area (TPSA) is 32.7 Å². The summed E-state index contributed by atoms with van der Waals surface area (Å²) in [5.41, 5.74) is 0.874. The molecule has 4 heteroatoms. The summed E-state index contributed by atoms with van der Waals surface area (Å²) in [6.45, 7) is 6.53. The Morgan fingerprint density at radius 1 is 1.47 bits per heavy atom. The Balaban J connectivity index is 2.11. The van der Waals surface area contributed by atoms with Crippen molar-refractivity contribution in [2.45, 2.75) is 32.5 Å². The third-order valence-electron chi connectivity index (χ3n) is 3.15. The molecule has 1 fully saturated rings. The van der Waals surface area contributed by atoms with Crippen LogP contribution in [-0.4, -0.2) is 35.3 Å². The molecule has 1 aliphatic heterocycles. The lowest BCUT2D eigenvalue weighted by atomic mass is 10.1. The van der Waals surface area contributed by atoms with Gasteiger partial charge in [-0.05, 0) is 32.0 Å². The minimum atomic E-state index is 0.243. The first-order valence-corrected chi connectivity index (χ1v) is 6.27. The van der Waals surface area contributed by atoms with Gasteiger partial charge in [0, 0.05) is 29.7 Å².